The van der Waals surface area contributed by atoms with Crippen LogP contribution in [-0.4, -0.2) is 18.3 Å². The van der Waals surface area contributed by atoms with Crippen molar-refractivity contribution in [2.45, 2.75) is 12.8 Å². The molecule has 288 valence electrons. The first-order chi connectivity index (χ1) is 30.8. The summed E-state index contributed by atoms with van der Waals surface area (Å²) in [6, 6.07) is 64.8. The highest BCUT2D eigenvalue weighted by Crippen LogP contribution is 2.48. The average Bonchev–Trinajstić information content (AvgIpc) is 4.06. The fraction of sp³-hybridized carbons (Fsp3) is 0.0357. The molecule has 1 aliphatic rings. The van der Waals surface area contributed by atoms with Crippen molar-refractivity contribution in [3.63, 3.8) is 0 Å². The van der Waals surface area contributed by atoms with Gasteiger partial charge in [-0.2, -0.15) is 10.5 Å². The Kier molecular flexibility index (Phi) is 7.17. The summed E-state index contributed by atoms with van der Waals surface area (Å²) >= 11 is 0. The van der Waals surface area contributed by atoms with Gasteiger partial charge >= 0.3 is 0 Å². The molecule has 0 atom stereocenters. The van der Waals surface area contributed by atoms with Crippen LogP contribution in [-0.2, 0) is 6.42 Å². The quantitative estimate of drug-likeness (QED) is 0.178. The molecule has 0 aliphatic heterocycles. The third-order valence-electron chi connectivity index (χ3n) is 13.1. The van der Waals surface area contributed by atoms with E-state index in [1.807, 2.05) is 0 Å². The van der Waals surface area contributed by atoms with Crippen LogP contribution in [0, 0.1) is 22.7 Å². The van der Waals surface area contributed by atoms with Crippen LogP contribution in [0.15, 0.2) is 176 Å². The summed E-state index contributed by atoms with van der Waals surface area (Å²) in [7, 11) is 0. The van der Waals surface area contributed by atoms with E-state index < -0.39 is 0 Å². The molecule has 0 bridgehead atoms. The van der Waals surface area contributed by atoms with Crippen LogP contribution in [0.4, 0.5) is 0 Å². The average molecular weight is 791 g/mol. The van der Waals surface area contributed by atoms with E-state index in [0.29, 0.717) is 33.9 Å². The van der Waals surface area contributed by atoms with E-state index >= 15 is 0 Å². The topological polar surface area (TPSA) is 67.3 Å². The second-order valence-electron chi connectivity index (χ2n) is 16.1. The van der Waals surface area contributed by atoms with Crippen molar-refractivity contribution in [3.8, 4) is 34.9 Å². The third-order valence-corrected chi connectivity index (χ3v) is 13.1. The molecule has 0 amide bonds. The lowest BCUT2D eigenvalue weighted by atomic mass is 9.98. The van der Waals surface area contributed by atoms with Gasteiger partial charge in [-0.15, -0.1) is 0 Å². The summed E-state index contributed by atoms with van der Waals surface area (Å²) in [5, 5.41) is 32.1. The van der Waals surface area contributed by atoms with E-state index in [4.69, 9.17) is 0 Å². The van der Waals surface area contributed by atoms with E-state index in [0.717, 1.165) is 94.9 Å². The first kappa shape index (κ1) is 34.3. The largest absolute Gasteiger partial charge is 0.306 e. The molecular weight excluding hydrogens is 757 g/mol. The maximum absolute atomic E-state index is 12.3. The summed E-state index contributed by atoms with van der Waals surface area (Å²) in [5.41, 5.74) is 12.5. The van der Waals surface area contributed by atoms with Gasteiger partial charge < -0.3 is 18.3 Å². The third kappa shape index (κ3) is 4.45. The number of benzene rings is 8. The molecule has 0 spiro atoms. The number of aromatic nitrogens is 4. The fourth-order valence-corrected chi connectivity index (χ4v) is 10.7. The Morgan fingerprint density at radius 2 is 0.613 bits per heavy atom. The molecule has 62 heavy (non-hydrogen) atoms. The SMILES string of the molecule is N#Cc1c(-n2c3c(c4ccccc42)CCC=C3)c(-n2c3ccccc3c3ccccc32)c(C#N)c(-n2c3ccccc3c3ccccc32)c1-n1c2ccccc2c2ccccc21. The van der Waals surface area contributed by atoms with Gasteiger partial charge in [0.1, 0.15) is 23.3 Å². The maximum Gasteiger partial charge on any atom is 0.104 e. The number of rotatable bonds is 4. The van der Waals surface area contributed by atoms with Gasteiger partial charge in [-0.05, 0) is 66.9 Å². The lowest BCUT2D eigenvalue weighted by Crippen LogP contribution is -2.17. The minimum atomic E-state index is 0.459. The highest BCUT2D eigenvalue weighted by atomic mass is 15.1. The number of aryl methyl sites for hydroxylation is 1. The first-order valence-corrected chi connectivity index (χ1v) is 21.1. The van der Waals surface area contributed by atoms with E-state index in [-0.39, 0.29) is 0 Å². The highest BCUT2D eigenvalue weighted by molar-refractivity contribution is 6.14. The van der Waals surface area contributed by atoms with Crippen LogP contribution in [0.5, 0.6) is 0 Å². The highest BCUT2D eigenvalue weighted by Gasteiger charge is 2.35. The number of para-hydroxylation sites is 7. The molecule has 4 heterocycles. The zero-order valence-electron chi connectivity index (χ0n) is 33.4. The van der Waals surface area contributed by atoms with Crippen molar-refractivity contribution in [1.29, 1.82) is 10.5 Å². The molecule has 0 N–H and O–H groups in total. The molecule has 1 aliphatic carbocycles. The Morgan fingerprint density at radius 1 is 0.339 bits per heavy atom. The van der Waals surface area contributed by atoms with Crippen molar-refractivity contribution in [2.75, 3.05) is 0 Å². The van der Waals surface area contributed by atoms with Gasteiger partial charge in [0, 0.05) is 43.4 Å². The van der Waals surface area contributed by atoms with Crippen LogP contribution in [0.2, 0.25) is 0 Å². The molecule has 13 rings (SSSR count). The van der Waals surface area contributed by atoms with Gasteiger partial charge in [0.2, 0.25) is 0 Å². The Labute approximate surface area is 355 Å². The molecule has 6 heteroatoms. The van der Waals surface area contributed by atoms with Crippen molar-refractivity contribution in [3.05, 3.63) is 198 Å². The number of fused-ring (bicyclic) bond motifs is 12. The summed E-state index contributed by atoms with van der Waals surface area (Å²) in [5.74, 6) is 0. The Hall–Kier alpha value is -8.58. The zero-order valence-corrected chi connectivity index (χ0v) is 33.4. The molecule has 8 aromatic carbocycles. The number of hydrogen-bond acceptors (Lipinski definition) is 2. The van der Waals surface area contributed by atoms with E-state index in [1.54, 1.807) is 0 Å². The molecule has 0 radical (unpaired) electrons. The summed E-state index contributed by atoms with van der Waals surface area (Å²) in [6.07, 6.45) is 6.24. The minimum Gasteiger partial charge on any atom is -0.306 e. The second-order valence-corrected chi connectivity index (χ2v) is 16.1. The zero-order chi connectivity index (χ0) is 41.1. The van der Waals surface area contributed by atoms with Crippen LogP contribution in [0.3, 0.4) is 0 Å². The van der Waals surface area contributed by atoms with E-state index in [1.165, 1.54) is 5.56 Å². The Morgan fingerprint density at radius 3 is 0.935 bits per heavy atom. The predicted octanol–water partition coefficient (Wildman–Crippen LogP) is 13.6. The normalized spacial score (nSPS) is 12.6. The van der Waals surface area contributed by atoms with E-state index in [2.05, 4.69) is 212 Å². The van der Waals surface area contributed by atoms with E-state index in [9.17, 15) is 10.5 Å². The smallest absolute Gasteiger partial charge is 0.104 e. The molecule has 0 fully saturated rings. The van der Waals surface area contributed by atoms with Crippen molar-refractivity contribution < 1.29 is 0 Å². The van der Waals surface area contributed by atoms with Gasteiger partial charge in [-0.3, -0.25) is 0 Å². The molecule has 0 saturated carbocycles. The van der Waals surface area contributed by atoms with Gasteiger partial charge in [0.25, 0.3) is 0 Å². The molecule has 12 aromatic rings. The fourth-order valence-electron chi connectivity index (χ4n) is 10.7. The maximum atomic E-state index is 12.3. The monoisotopic (exact) mass is 790 g/mol. The molecule has 0 unspecified atom stereocenters. The number of nitrogens with zero attached hydrogens (tertiary/aromatic N) is 6. The standard InChI is InChI=1S/C56H34N6/c57-33-43-53(59-45-25-9-1-17-35(45)36-18-2-10-26-46(36)59)54(60-47-27-11-3-19-37(47)38-20-4-12-28-48(38)60)44(34-58)56(62-51-31-15-7-23-41(51)42-24-8-16-32-52(42)62)55(43)61-49-29-13-5-21-39(49)40-22-6-14-30-50(40)61/h1-7,9-23,25-32H,8,24H2. The van der Waals surface area contributed by atoms with Crippen molar-refractivity contribution in [1.82, 2.24) is 18.3 Å². The molecule has 0 saturated heterocycles. The van der Waals surface area contributed by atoms with Gasteiger partial charge in [-0.25, -0.2) is 0 Å². The Bertz CT molecular complexity index is 3860. The number of hydrogen-bond donors (Lipinski definition) is 0. The molecule has 4 aromatic heterocycles. The summed E-state index contributed by atoms with van der Waals surface area (Å²) in [4.78, 5) is 0. The minimum absolute atomic E-state index is 0.459. The molecule has 6 nitrogen and oxygen atoms in total. The van der Waals surface area contributed by atoms with Crippen LogP contribution < -0.4 is 0 Å². The van der Waals surface area contributed by atoms with Gasteiger partial charge in [-0.1, -0.05) is 133 Å². The molecular formula is C56H34N6. The number of allylic oxidation sites excluding steroid dienone is 1. The predicted molar refractivity (Wildman–Crippen MR) is 253 cm³/mol. The Balaban J connectivity index is 1.38. The second kappa shape index (κ2) is 13.0. The first-order valence-electron chi connectivity index (χ1n) is 21.1. The lowest BCUT2D eigenvalue weighted by molar-refractivity contribution is 0.954. The lowest BCUT2D eigenvalue weighted by Gasteiger charge is -2.27. The van der Waals surface area contributed by atoms with Gasteiger partial charge in [0.15, 0.2) is 0 Å². The summed E-state index contributed by atoms with van der Waals surface area (Å²) in [6.45, 7) is 0. The van der Waals surface area contributed by atoms with Gasteiger partial charge in [0.05, 0.1) is 61.4 Å². The summed E-state index contributed by atoms with van der Waals surface area (Å²) < 4.78 is 9.02. The number of nitriles is 2. The van der Waals surface area contributed by atoms with Crippen molar-refractivity contribution in [2.24, 2.45) is 0 Å². The van der Waals surface area contributed by atoms with Crippen LogP contribution in [0.1, 0.15) is 28.8 Å². The van der Waals surface area contributed by atoms with Crippen LogP contribution >= 0.6 is 0 Å². The van der Waals surface area contributed by atoms with Crippen molar-refractivity contribution >= 4 is 82.4 Å². The van der Waals surface area contributed by atoms with Crippen LogP contribution in [0.25, 0.3) is 105 Å².